The Kier molecular flexibility index (Phi) is 2.15. The largest absolute Gasteiger partial charge is 0.466 e. The number of carbonyl (C=O) groups is 1. The van der Waals surface area contributed by atoms with E-state index in [-0.39, 0.29) is 23.4 Å². The first-order valence-corrected chi connectivity index (χ1v) is 6.23. The molecule has 0 aromatic rings. The Hall–Kier alpha value is -0.830. The molecule has 2 bridgehead atoms. The SMILES string of the molecule is CCOC(=O)C1C2CCC(O)[C@]23C=C[C@H]1C3. The van der Waals surface area contributed by atoms with E-state index in [1.54, 1.807) is 0 Å². The van der Waals surface area contributed by atoms with Crippen molar-refractivity contribution in [3.8, 4) is 0 Å². The van der Waals surface area contributed by atoms with E-state index in [1.807, 2.05) is 6.92 Å². The summed E-state index contributed by atoms with van der Waals surface area (Å²) in [6, 6.07) is 0. The molecule has 0 aliphatic heterocycles. The number of hydrogen-bond acceptors (Lipinski definition) is 3. The normalized spacial score (nSPS) is 48.4. The molecular formula is C13H18O3. The maximum absolute atomic E-state index is 11.9. The van der Waals surface area contributed by atoms with Crippen LogP contribution in [-0.2, 0) is 9.53 Å². The van der Waals surface area contributed by atoms with E-state index in [9.17, 15) is 9.90 Å². The van der Waals surface area contributed by atoms with E-state index in [1.165, 1.54) is 0 Å². The molecule has 3 aliphatic carbocycles. The summed E-state index contributed by atoms with van der Waals surface area (Å²) >= 11 is 0. The summed E-state index contributed by atoms with van der Waals surface area (Å²) in [5, 5.41) is 10.1. The molecule has 3 unspecified atom stereocenters. The summed E-state index contributed by atoms with van der Waals surface area (Å²) < 4.78 is 5.16. The van der Waals surface area contributed by atoms with Crippen LogP contribution in [-0.4, -0.2) is 23.8 Å². The fourth-order valence-corrected chi connectivity index (χ4v) is 4.13. The predicted molar refractivity (Wildman–Crippen MR) is 58.5 cm³/mol. The van der Waals surface area contributed by atoms with Crippen LogP contribution in [0.5, 0.6) is 0 Å². The molecule has 5 atom stereocenters. The van der Waals surface area contributed by atoms with Crippen LogP contribution in [0, 0.1) is 23.2 Å². The molecule has 1 N–H and O–H groups in total. The fourth-order valence-electron chi connectivity index (χ4n) is 4.13. The standard InChI is InChI=1S/C13H18O3/c1-2-16-12(15)11-8-5-6-13(7-8)9(11)3-4-10(13)14/h5-6,8-11,14H,2-4,7H2,1H3/t8-,9?,10?,11?,13-/m0/s1. The number of aliphatic hydroxyl groups is 1. The van der Waals surface area contributed by atoms with Crippen LogP contribution in [0.15, 0.2) is 12.2 Å². The number of esters is 1. The van der Waals surface area contributed by atoms with E-state index in [2.05, 4.69) is 12.2 Å². The molecular weight excluding hydrogens is 204 g/mol. The Labute approximate surface area is 95.5 Å². The third-order valence-electron chi connectivity index (χ3n) is 4.76. The van der Waals surface area contributed by atoms with Gasteiger partial charge < -0.3 is 9.84 Å². The first kappa shape index (κ1) is 10.3. The minimum Gasteiger partial charge on any atom is -0.466 e. The second-order valence-corrected chi connectivity index (χ2v) is 5.32. The number of carbonyl (C=O) groups excluding carboxylic acids is 1. The van der Waals surface area contributed by atoms with Crippen molar-refractivity contribution in [2.24, 2.45) is 23.2 Å². The summed E-state index contributed by atoms with van der Waals surface area (Å²) in [6.07, 6.45) is 6.77. The van der Waals surface area contributed by atoms with Gasteiger partial charge in [-0.15, -0.1) is 0 Å². The Bertz CT molecular complexity index is 349. The second kappa shape index (κ2) is 3.33. The molecule has 3 rings (SSSR count). The van der Waals surface area contributed by atoms with E-state index >= 15 is 0 Å². The van der Waals surface area contributed by atoms with Gasteiger partial charge in [0.15, 0.2) is 0 Å². The molecule has 88 valence electrons. The monoisotopic (exact) mass is 222 g/mol. The summed E-state index contributed by atoms with van der Waals surface area (Å²) in [5.41, 5.74) is -0.0951. The molecule has 0 saturated heterocycles. The number of allylic oxidation sites excluding steroid dienone is 1. The van der Waals surface area contributed by atoms with E-state index in [4.69, 9.17) is 4.74 Å². The van der Waals surface area contributed by atoms with Gasteiger partial charge in [0.05, 0.1) is 18.6 Å². The third kappa shape index (κ3) is 1.10. The third-order valence-corrected chi connectivity index (χ3v) is 4.76. The van der Waals surface area contributed by atoms with Crippen molar-refractivity contribution in [2.45, 2.75) is 32.3 Å². The van der Waals surface area contributed by atoms with Crippen LogP contribution in [0.4, 0.5) is 0 Å². The minimum atomic E-state index is -0.252. The van der Waals surface area contributed by atoms with Crippen molar-refractivity contribution in [3.05, 3.63) is 12.2 Å². The quantitative estimate of drug-likeness (QED) is 0.569. The van der Waals surface area contributed by atoms with Crippen LogP contribution in [0.1, 0.15) is 26.2 Å². The number of hydrogen-bond donors (Lipinski definition) is 1. The Morgan fingerprint density at radius 1 is 1.56 bits per heavy atom. The molecule has 0 heterocycles. The molecule has 0 amide bonds. The van der Waals surface area contributed by atoms with Crippen molar-refractivity contribution in [2.75, 3.05) is 6.61 Å². The zero-order valence-electron chi connectivity index (χ0n) is 9.56. The molecule has 3 heteroatoms. The second-order valence-electron chi connectivity index (χ2n) is 5.32. The highest BCUT2D eigenvalue weighted by molar-refractivity contribution is 5.75. The van der Waals surface area contributed by atoms with Crippen molar-refractivity contribution in [3.63, 3.8) is 0 Å². The number of fused-ring (bicyclic) bond motifs is 1. The Morgan fingerprint density at radius 2 is 2.38 bits per heavy atom. The maximum atomic E-state index is 11.9. The summed E-state index contributed by atoms with van der Waals surface area (Å²) in [6.45, 7) is 2.30. The first-order valence-electron chi connectivity index (χ1n) is 6.23. The molecule has 2 fully saturated rings. The summed E-state index contributed by atoms with van der Waals surface area (Å²) in [4.78, 5) is 11.9. The molecule has 1 spiro atoms. The lowest BCUT2D eigenvalue weighted by Gasteiger charge is -2.31. The number of ether oxygens (including phenoxy) is 1. The molecule has 3 nitrogen and oxygen atoms in total. The summed E-state index contributed by atoms with van der Waals surface area (Å²) in [7, 11) is 0. The van der Waals surface area contributed by atoms with Crippen molar-refractivity contribution in [1.29, 1.82) is 0 Å². The average molecular weight is 222 g/mol. The smallest absolute Gasteiger partial charge is 0.309 e. The highest BCUT2D eigenvalue weighted by atomic mass is 16.5. The number of rotatable bonds is 2. The zero-order chi connectivity index (χ0) is 11.3. The molecule has 2 saturated carbocycles. The molecule has 0 aromatic heterocycles. The van der Waals surface area contributed by atoms with Gasteiger partial charge in [-0.3, -0.25) is 4.79 Å². The lowest BCUT2D eigenvalue weighted by atomic mass is 9.75. The van der Waals surface area contributed by atoms with Crippen LogP contribution < -0.4 is 0 Å². The highest BCUT2D eigenvalue weighted by Gasteiger charge is 2.63. The van der Waals surface area contributed by atoms with Gasteiger partial charge in [0.25, 0.3) is 0 Å². The maximum Gasteiger partial charge on any atom is 0.309 e. The highest BCUT2D eigenvalue weighted by Crippen LogP contribution is 2.64. The van der Waals surface area contributed by atoms with Crippen LogP contribution in [0.3, 0.4) is 0 Å². The van der Waals surface area contributed by atoms with Gasteiger partial charge in [0.2, 0.25) is 0 Å². The lowest BCUT2D eigenvalue weighted by Crippen LogP contribution is -2.34. The van der Waals surface area contributed by atoms with Crippen LogP contribution in [0.2, 0.25) is 0 Å². The first-order chi connectivity index (χ1) is 7.69. The molecule has 3 aliphatic rings. The van der Waals surface area contributed by atoms with Crippen LogP contribution in [0.25, 0.3) is 0 Å². The van der Waals surface area contributed by atoms with Gasteiger partial charge >= 0.3 is 5.97 Å². The molecule has 0 aromatic carbocycles. The van der Waals surface area contributed by atoms with Gasteiger partial charge in [0.1, 0.15) is 0 Å². The van der Waals surface area contributed by atoms with Gasteiger partial charge in [-0.1, -0.05) is 12.2 Å². The Morgan fingerprint density at radius 3 is 3.12 bits per heavy atom. The fraction of sp³-hybridized carbons (Fsp3) is 0.769. The van der Waals surface area contributed by atoms with Crippen molar-refractivity contribution >= 4 is 5.97 Å². The van der Waals surface area contributed by atoms with E-state index < -0.39 is 0 Å². The Balaban J connectivity index is 1.89. The predicted octanol–water partition coefficient (Wildman–Crippen LogP) is 1.51. The summed E-state index contributed by atoms with van der Waals surface area (Å²) in [5.74, 6) is 0.565. The minimum absolute atomic E-state index is 0.00194. The zero-order valence-corrected chi connectivity index (χ0v) is 9.56. The van der Waals surface area contributed by atoms with Gasteiger partial charge in [-0.2, -0.15) is 0 Å². The van der Waals surface area contributed by atoms with Gasteiger partial charge in [-0.05, 0) is 38.0 Å². The average Bonchev–Trinajstić information content (AvgIpc) is 2.89. The van der Waals surface area contributed by atoms with Gasteiger partial charge in [-0.25, -0.2) is 0 Å². The molecule has 0 radical (unpaired) electrons. The van der Waals surface area contributed by atoms with Gasteiger partial charge in [0, 0.05) is 5.41 Å². The van der Waals surface area contributed by atoms with Crippen molar-refractivity contribution < 1.29 is 14.6 Å². The van der Waals surface area contributed by atoms with Crippen molar-refractivity contribution in [1.82, 2.24) is 0 Å². The van der Waals surface area contributed by atoms with E-state index in [0.29, 0.717) is 18.4 Å². The van der Waals surface area contributed by atoms with E-state index in [0.717, 1.165) is 19.3 Å². The van der Waals surface area contributed by atoms with Crippen LogP contribution >= 0.6 is 0 Å². The molecule has 16 heavy (non-hydrogen) atoms. The topological polar surface area (TPSA) is 46.5 Å². The number of aliphatic hydroxyl groups excluding tert-OH is 1. The lowest BCUT2D eigenvalue weighted by molar-refractivity contribution is -0.151.